The first kappa shape index (κ1) is 14.7. The molecule has 3 rings (SSSR count). The largest absolute Gasteiger partial charge is 0.403 e. The van der Waals surface area contributed by atoms with Gasteiger partial charge in [-0.3, -0.25) is 14.5 Å². The Morgan fingerprint density at radius 1 is 1.45 bits per heavy atom. The van der Waals surface area contributed by atoms with Gasteiger partial charge in [0.25, 0.3) is 0 Å². The molecule has 0 saturated carbocycles. The number of carbonyl (C=O) groups is 2. The lowest BCUT2D eigenvalue weighted by Crippen LogP contribution is -2.25. The van der Waals surface area contributed by atoms with Crippen LogP contribution in [0.4, 0.5) is 10.4 Å². The number of aromatic nitrogens is 2. The number of hydrogen-bond donors (Lipinski definition) is 0. The zero-order valence-corrected chi connectivity index (χ0v) is 12.5. The highest BCUT2D eigenvalue weighted by atomic mass is 32.2. The fourth-order valence-corrected chi connectivity index (χ4v) is 3.16. The lowest BCUT2D eigenvalue weighted by Gasteiger charge is -2.09. The summed E-state index contributed by atoms with van der Waals surface area (Å²) in [6.07, 6.45) is 0.252. The number of amides is 1. The van der Waals surface area contributed by atoms with Crippen molar-refractivity contribution in [2.75, 3.05) is 11.4 Å². The second-order valence-electron chi connectivity index (χ2n) is 4.84. The molecule has 1 aliphatic heterocycles. The Kier molecular flexibility index (Phi) is 3.93. The highest BCUT2D eigenvalue weighted by molar-refractivity contribution is 8.14. The summed E-state index contributed by atoms with van der Waals surface area (Å²) in [6.45, 7) is 1.81. The summed E-state index contributed by atoms with van der Waals surface area (Å²) in [5.41, 5.74) is 0.444. The van der Waals surface area contributed by atoms with Crippen LogP contribution in [0.5, 0.6) is 0 Å². The van der Waals surface area contributed by atoms with E-state index in [0.29, 0.717) is 12.1 Å². The molecule has 1 fully saturated rings. The fourth-order valence-electron chi connectivity index (χ4n) is 2.24. The summed E-state index contributed by atoms with van der Waals surface area (Å²) in [6, 6.07) is 5.83. The molecule has 1 unspecified atom stereocenters. The first-order valence-corrected chi connectivity index (χ1v) is 7.48. The smallest absolute Gasteiger partial charge is 0.325 e. The first-order chi connectivity index (χ1) is 10.5. The molecule has 22 heavy (non-hydrogen) atoms. The SMILES string of the molecule is CC(=O)SC1CC(=O)N(c2nnc(-c3cccc(F)c3)o2)C1. The van der Waals surface area contributed by atoms with Crippen molar-refractivity contribution in [1.82, 2.24) is 10.2 Å². The van der Waals surface area contributed by atoms with Gasteiger partial charge in [-0.1, -0.05) is 22.9 Å². The topological polar surface area (TPSA) is 76.3 Å². The number of nitrogens with zero attached hydrogens (tertiary/aromatic N) is 3. The number of anilines is 1. The van der Waals surface area contributed by atoms with Gasteiger partial charge in [-0.15, -0.1) is 5.10 Å². The van der Waals surface area contributed by atoms with Crippen molar-refractivity contribution in [1.29, 1.82) is 0 Å². The van der Waals surface area contributed by atoms with E-state index in [1.165, 1.54) is 30.0 Å². The van der Waals surface area contributed by atoms with E-state index < -0.39 is 5.82 Å². The zero-order chi connectivity index (χ0) is 15.7. The van der Waals surface area contributed by atoms with Crippen molar-refractivity contribution >= 4 is 28.8 Å². The number of halogens is 1. The maximum atomic E-state index is 13.2. The molecule has 6 nitrogen and oxygen atoms in total. The van der Waals surface area contributed by atoms with Crippen LogP contribution >= 0.6 is 11.8 Å². The third-order valence-electron chi connectivity index (χ3n) is 3.14. The molecule has 8 heteroatoms. The number of thioether (sulfide) groups is 1. The van der Waals surface area contributed by atoms with E-state index in [-0.39, 0.29) is 34.6 Å². The van der Waals surface area contributed by atoms with Gasteiger partial charge in [-0.05, 0) is 18.2 Å². The minimum absolute atomic E-state index is 0.0365. The monoisotopic (exact) mass is 321 g/mol. The molecule has 1 amide bonds. The second-order valence-corrected chi connectivity index (χ2v) is 6.32. The van der Waals surface area contributed by atoms with Gasteiger partial charge in [0.2, 0.25) is 11.8 Å². The van der Waals surface area contributed by atoms with E-state index in [9.17, 15) is 14.0 Å². The van der Waals surface area contributed by atoms with Crippen molar-refractivity contribution in [3.8, 4) is 11.5 Å². The molecule has 0 N–H and O–H groups in total. The lowest BCUT2D eigenvalue weighted by molar-refractivity contribution is -0.117. The Morgan fingerprint density at radius 3 is 3.00 bits per heavy atom. The molecule has 0 bridgehead atoms. The van der Waals surface area contributed by atoms with Crippen molar-refractivity contribution in [2.24, 2.45) is 0 Å². The average molecular weight is 321 g/mol. The Morgan fingerprint density at radius 2 is 2.27 bits per heavy atom. The van der Waals surface area contributed by atoms with Crippen LogP contribution in [0.15, 0.2) is 28.7 Å². The van der Waals surface area contributed by atoms with E-state index in [4.69, 9.17) is 4.42 Å². The maximum Gasteiger partial charge on any atom is 0.325 e. The minimum atomic E-state index is -0.410. The van der Waals surface area contributed by atoms with Gasteiger partial charge in [0.1, 0.15) is 5.82 Å². The molecule has 0 spiro atoms. The van der Waals surface area contributed by atoms with Crippen LogP contribution in [0.1, 0.15) is 13.3 Å². The highest BCUT2D eigenvalue weighted by Crippen LogP contribution is 2.29. The molecular weight excluding hydrogens is 309 g/mol. The van der Waals surface area contributed by atoms with Gasteiger partial charge in [-0.2, -0.15) is 0 Å². The van der Waals surface area contributed by atoms with Gasteiger partial charge in [-0.25, -0.2) is 4.39 Å². The second kappa shape index (κ2) is 5.88. The summed E-state index contributed by atoms with van der Waals surface area (Å²) >= 11 is 1.13. The Balaban J connectivity index is 1.79. The number of hydrogen-bond acceptors (Lipinski definition) is 6. The van der Waals surface area contributed by atoms with Crippen LogP contribution in [0.3, 0.4) is 0 Å². The van der Waals surface area contributed by atoms with Gasteiger partial charge >= 0.3 is 6.01 Å². The van der Waals surface area contributed by atoms with Gasteiger partial charge in [0.05, 0.1) is 0 Å². The maximum absolute atomic E-state index is 13.2. The van der Waals surface area contributed by atoms with E-state index in [2.05, 4.69) is 10.2 Å². The molecule has 0 aliphatic carbocycles. The summed E-state index contributed by atoms with van der Waals surface area (Å²) in [4.78, 5) is 24.5. The van der Waals surface area contributed by atoms with E-state index >= 15 is 0 Å². The number of benzene rings is 1. The van der Waals surface area contributed by atoms with Crippen molar-refractivity contribution in [3.63, 3.8) is 0 Å². The van der Waals surface area contributed by atoms with Crippen LogP contribution in [0.25, 0.3) is 11.5 Å². The minimum Gasteiger partial charge on any atom is -0.403 e. The van der Waals surface area contributed by atoms with Crippen LogP contribution in [0.2, 0.25) is 0 Å². The predicted octanol–water partition coefficient (Wildman–Crippen LogP) is 2.26. The third-order valence-corrected chi connectivity index (χ3v) is 4.12. The summed E-state index contributed by atoms with van der Waals surface area (Å²) in [5, 5.41) is 7.53. The van der Waals surface area contributed by atoms with Crippen molar-refractivity contribution in [3.05, 3.63) is 30.1 Å². The van der Waals surface area contributed by atoms with Crippen LogP contribution in [-0.2, 0) is 9.59 Å². The van der Waals surface area contributed by atoms with Crippen molar-refractivity contribution < 1.29 is 18.4 Å². The van der Waals surface area contributed by atoms with Crippen LogP contribution in [-0.4, -0.2) is 33.0 Å². The van der Waals surface area contributed by atoms with Crippen LogP contribution in [0, 0.1) is 5.82 Å². The molecule has 1 aliphatic rings. The normalized spacial score (nSPS) is 18.0. The van der Waals surface area contributed by atoms with Crippen LogP contribution < -0.4 is 4.90 Å². The molecule has 2 aromatic rings. The third kappa shape index (κ3) is 3.01. The molecule has 2 heterocycles. The molecule has 1 atom stereocenters. The van der Waals surface area contributed by atoms with Gasteiger partial charge in [0.15, 0.2) is 5.12 Å². The summed E-state index contributed by atoms with van der Waals surface area (Å²) < 4.78 is 18.7. The predicted molar refractivity (Wildman–Crippen MR) is 78.7 cm³/mol. The van der Waals surface area contributed by atoms with E-state index in [1.54, 1.807) is 6.07 Å². The number of rotatable bonds is 3. The quantitative estimate of drug-likeness (QED) is 0.863. The summed E-state index contributed by atoms with van der Waals surface area (Å²) in [7, 11) is 0. The zero-order valence-electron chi connectivity index (χ0n) is 11.7. The lowest BCUT2D eigenvalue weighted by atomic mass is 10.2. The van der Waals surface area contributed by atoms with E-state index in [1.807, 2.05) is 0 Å². The van der Waals surface area contributed by atoms with E-state index in [0.717, 1.165) is 11.8 Å². The standard InChI is InChI=1S/C14H12FN3O3S/c1-8(19)22-11-6-12(20)18(7-11)14-17-16-13(21-14)9-3-2-4-10(15)5-9/h2-5,11H,6-7H2,1H3. The highest BCUT2D eigenvalue weighted by Gasteiger charge is 2.35. The number of carbonyl (C=O) groups excluding carboxylic acids is 2. The Labute approximate surface area is 129 Å². The first-order valence-electron chi connectivity index (χ1n) is 6.60. The average Bonchev–Trinajstić information content (AvgIpc) is 3.05. The molecule has 1 saturated heterocycles. The molecule has 114 valence electrons. The fraction of sp³-hybridized carbons (Fsp3) is 0.286. The molecule has 1 aromatic carbocycles. The molecular formula is C14H12FN3O3S. The summed E-state index contributed by atoms with van der Waals surface area (Å²) in [5.74, 6) is -0.439. The van der Waals surface area contributed by atoms with Gasteiger partial charge in [0, 0.05) is 30.7 Å². The van der Waals surface area contributed by atoms with Crippen molar-refractivity contribution in [2.45, 2.75) is 18.6 Å². The molecule has 0 radical (unpaired) electrons. The molecule has 1 aromatic heterocycles. The van der Waals surface area contributed by atoms with Gasteiger partial charge < -0.3 is 4.42 Å². The Bertz CT molecular complexity index is 734. The Hall–Kier alpha value is -2.22.